The van der Waals surface area contributed by atoms with Crippen LogP contribution in [0, 0.1) is 13.8 Å². The van der Waals surface area contributed by atoms with Crippen LogP contribution in [0.1, 0.15) is 29.0 Å². The molecule has 1 saturated heterocycles. The van der Waals surface area contributed by atoms with Gasteiger partial charge in [0.15, 0.2) is 0 Å². The molecule has 0 N–H and O–H groups in total. The number of nitrogens with zero attached hydrogens (tertiary/aromatic N) is 1. The van der Waals surface area contributed by atoms with Gasteiger partial charge in [0.25, 0.3) is 0 Å². The van der Waals surface area contributed by atoms with E-state index in [-0.39, 0.29) is 0 Å². The summed E-state index contributed by atoms with van der Waals surface area (Å²) in [5, 5.41) is 0. The second-order valence-electron chi connectivity index (χ2n) is 4.59. The van der Waals surface area contributed by atoms with Gasteiger partial charge < -0.3 is 0 Å². The van der Waals surface area contributed by atoms with Gasteiger partial charge in [0.2, 0.25) is 0 Å². The molecule has 0 radical (unpaired) electrons. The van der Waals surface area contributed by atoms with Gasteiger partial charge in [0, 0.05) is 22.6 Å². The van der Waals surface area contributed by atoms with Crippen molar-refractivity contribution in [3.05, 3.63) is 13.7 Å². The molecule has 1 aromatic rings. The maximum absolute atomic E-state index is 10.7. The second kappa shape index (κ2) is 5.25. The molecular formula is C10H16F6NPS2. The van der Waals surface area contributed by atoms with E-state index in [1.165, 1.54) is 46.1 Å². The molecule has 0 bridgehead atoms. The monoisotopic (exact) mass is 359 g/mol. The Labute approximate surface area is 120 Å². The molecule has 10 heteroatoms. The van der Waals surface area contributed by atoms with Crippen molar-refractivity contribution in [2.45, 2.75) is 33.1 Å². The van der Waals surface area contributed by atoms with Crippen LogP contribution in [-0.2, 0) is 0 Å². The summed E-state index contributed by atoms with van der Waals surface area (Å²) in [5.41, 5.74) is 0. The Morgan fingerprint density at radius 1 is 0.800 bits per heavy atom. The number of hydrogen-bond donors (Lipinski definition) is 0. The van der Waals surface area contributed by atoms with E-state index in [0.29, 0.717) is 0 Å². The Balaban J connectivity index is 0.000000246. The van der Waals surface area contributed by atoms with Crippen molar-refractivity contribution in [3.8, 4) is 0 Å². The standard InChI is InChI=1S/C10H16NS2.F6P/c1-8-9(2)13-10(12-8)11-6-4-3-5-7-11;1-7(2,3,4,5)6/h3-7H2,1-2H3;/q+1;-1. The van der Waals surface area contributed by atoms with E-state index in [1.54, 1.807) is 0 Å². The summed E-state index contributed by atoms with van der Waals surface area (Å²) in [7, 11) is -10.7. The van der Waals surface area contributed by atoms with Crippen LogP contribution in [0.15, 0.2) is 0 Å². The van der Waals surface area contributed by atoms with E-state index in [9.17, 15) is 25.2 Å². The van der Waals surface area contributed by atoms with Crippen molar-refractivity contribution in [2.24, 2.45) is 0 Å². The molecule has 1 aliphatic heterocycles. The molecule has 1 aliphatic rings. The number of rotatable bonds is 0. The van der Waals surface area contributed by atoms with Gasteiger partial charge in [-0.2, -0.15) is 0 Å². The van der Waals surface area contributed by atoms with Crippen molar-refractivity contribution < 1.29 is 25.2 Å². The summed E-state index contributed by atoms with van der Waals surface area (Å²) < 4.78 is 63.3. The molecule has 0 aromatic carbocycles. The maximum atomic E-state index is 9.87. The molecule has 2 rings (SSSR count). The molecule has 0 saturated carbocycles. The summed E-state index contributed by atoms with van der Waals surface area (Å²) in [6.45, 7) is 7.00. The van der Waals surface area contributed by atoms with Crippen molar-refractivity contribution in [3.63, 3.8) is 0 Å². The van der Waals surface area contributed by atoms with Crippen LogP contribution in [0.4, 0.5) is 25.2 Å². The Morgan fingerprint density at radius 2 is 1.15 bits per heavy atom. The molecule has 120 valence electrons. The third-order valence-electron chi connectivity index (χ3n) is 2.59. The molecule has 0 aliphatic carbocycles. The zero-order valence-electron chi connectivity index (χ0n) is 11.0. The summed E-state index contributed by atoms with van der Waals surface area (Å²) in [4.78, 5) is 2.98. The molecule has 0 unspecified atom stereocenters. The molecule has 0 atom stereocenters. The fourth-order valence-electron chi connectivity index (χ4n) is 1.63. The van der Waals surface area contributed by atoms with E-state index < -0.39 is 7.81 Å². The predicted octanol–water partition coefficient (Wildman–Crippen LogP) is 5.76. The molecule has 20 heavy (non-hydrogen) atoms. The first-order valence-corrected chi connectivity index (χ1v) is 9.60. The minimum atomic E-state index is -10.7. The second-order valence-corrected chi connectivity index (χ2v) is 9.17. The first kappa shape index (κ1) is 17.9. The molecule has 1 fully saturated rings. The number of halogens is 6. The van der Waals surface area contributed by atoms with E-state index >= 15 is 0 Å². The van der Waals surface area contributed by atoms with Crippen molar-refractivity contribution in [2.75, 3.05) is 13.1 Å². The summed E-state index contributed by atoms with van der Waals surface area (Å²) in [5.74, 6) is 0. The molecule has 1 nitrogen and oxygen atoms in total. The van der Waals surface area contributed by atoms with E-state index in [2.05, 4.69) is 18.4 Å². The van der Waals surface area contributed by atoms with Crippen LogP contribution in [-0.4, -0.2) is 13.1 Å². The third kappa shape index (κ3) is 8.92. The Hall–Kier alpha value is -0.140. The fourth-order valence-corrected chi connectivity index (χ4v) is 4.23. The molecule has 2 heterocycles. The quantitative estimate of drug-likeness (QED) is 0.314. The first-order chi connectivity index (χ1) is 8.72. The van der Waals surface area contributed by atoms with E-state index in [1.807, 2.05) is 22.7 Å². The SMILES string of the molecule is Cc1sc(=[N+]2CCCCC2)sc1C.F[P-](F)(F)(F)(F)F. The van der Waals surface area contributed by atoms with Gasteiger partial charge in [-0.3, -0.25) is 0 Å². The predicted molar refractivity (Wildman–Crippen MR) is 74.1 cm³/mol. The summed E-state index contributed by atoms with van der Waals surface area (Å²) in [6.07, 6.45) is 4.18. The van der Waals surface area contributed by atoms with Crippen LogP contribution >= 0.6 is 30.5 Å². The number of piperidine rings is 1. The summed E-state index contributed by atoms with van der Waals surface area (Å²) in [6, 6.07) is 0. The van der Waals surface area contributed by atoms with Gasteiger partial charge in [0.05, 0.1) is 0 Å². The minimum absolute atomic E-state index is 1.27. The average Bonchev–Trinajstić information content (AvgIpc) is 2.56. The van der Waals surface area contributed by atoms with Gasteiger partial charge in [-0.25, -0.2) is 4.58 Å². The van der Waals surface area contributed by atoms with Crippen molar-refractivity contribution >= 4 is 30.5 Å². The van der Waals surface area contributed by atoms with Crippen LogP contribution < -0.4 is 8.56 Å². The van der Waals surface area contributed by atoms with E-state index in [0.717, 1.165) is 0 Å². The molecule has 1 aromatic heterocycles. The molecular weight excluding hydrogens is 343 g/mol. The molecule has 0 amide bonds. The first-order valence-electron chi connectivity index (χ1n) is 5.94. The van der Waals surface area contributed by atoms with Crippen molar-refractivity contribution in [1.29, 1.82) is 0 Å². The third-order valence-corrected chi connectivity index (χ3v) is 5.31. The number of hydrogen-bond acceptors (Lipinski definition) is 2. The zero-order valence-corrected chi connectivity index (χ0v) is 13.5. The normalized spacial score (nSPS) is 19.7. The Morgan fingerprint density at radius 3 is 1.50 bits per heavy atom. The Kier molecular flexibility index (Phi) is 4.70. The van der Waals surface area contributed by atoms with Crippen molar-refractivity contribution in [1.82, 2.24) is 4.58 Å². The average molecular weight is 359 g/mol. The van der Waals surface area contributed by atoms with Gasteiger partial charge in [0.1, 0.15) is 13.1 Å². The van der Waals surface area contributed by atoms with Gasteiger partial charge in [-0.1, -0.05) is 22.7 Å². The Bertz CT molecular complexity index is 499. The van der Waals surface area contributed by atoms with Gasteiger partial charge in [-0.15, -0.1) is 0 Å². The number of aryl methyl sites for hydroxylation is 2. The van der Waals surface area contributed by atoms with Crippen LogP contribution in [0.5, 0.6) is 0 Å². The van der Waals surface area contributed by atoms with Crippen LogP contribution in [0.25, 0.3) is 0 Å². The van der Waals surface area contributed by atoms with Gasteiger partial charge >= 0.3 is 37.0 Å². The topological polar surface area (TPSA) is 3.01 Å². The van der Waals surface area contributed by atoms with E-state index in [4.69, 9.17) is 0 Å². The molecule has 0 spiro atoms. The van der Waals surface area contributed by atoms with Gasteiger partial charge in [-0.05, 0) is 20.3 Å². The van der Waals surface area contributed by atoms with Crippen LogP contribution in [0.2, 0.25) is 0 Å². The van der Waals surface area contributed by atoms with Crippen LogP contribution in [0.3, 0.4) is 0 Å². The zero-order chi connectivity index (χ0) is 15.7. The summed E-state index contributed by atoms with van der Waals surface area (Å²) >= 11 is 3.93. The fraction of sp³-hybridized carbons (Fsp3) is 0.700.